The van der Waals surface area contributed by atoms with Crippen LogP contribution in [0, 0.1) is 0 Å². The lowest BCUT2D eigenvalue weighted by molar-refractivity contribution is 0.557. The summed E-state index contributed by atoms with van der Waals surface area (Å²) in [5.74, 6) is 0. The molecule has 0 atom stereocenters. The molecule has 0 spiro atoms. The molecule has 1 rings (SSSR count). The summed E-state index contributed by atoms with van der Waals surface area (Å²) in [6, 6.07) is 4.03. The van der Waals surface area contributed by atoms with Gasteiger partial charge in [-0.2, -0.15) is 0 Å². The summed E-state index contributed by atoms with van der Waals surface area (Å²) in [6.07, 6.45) is 3.09. The zero-order valence-electron chi connectivity index (χ0n) is 10.2. The third kappa shape index (κ3) is 5.48. The molecule has 0 fully saturated rings. The second-order valence-corrected chi connectivity index (χ2v) is 5.66. The third-order valence-corrected chi connectivity index (χ3v) is 3.40. The molecule has 0 aliphatic carbocycles. The highest BCUT2D eigenvalue weighted by molar-refractivity contribution is 6.39. The third-order valence-electron chi connectivity index (χ3n) is 2.51. The number of hydrogen-bond acceptors (Lipinski definition) is 1. The van der Waals surface area contributed by atoms with Crippen molar-refractivity contribution in [1.29, 1.82) is 0 Å². The number of halogens is 3. The van der Waals surface area contributed by atoms with Gasteiger partial charge in [0.2, 0.25) is 0 Å². The predicted molar refractivity (Wildman–Crippen MR) is 77.5 cm³/mol. The van der Waals surface area contributed by atoms with E-state index in [1.165, 1.54) is 0 Å². The Bertz CT molecular complexity index is 341. The standard InChI is InChI=1S/C13H18Cl3N/c1-9(2)17-6-4-3-5-11-12(15)7-10(14)8-13(11)16/h7-9,17H,3-6H2,1-2H3. The highest BCUT2D eigenvalue weighted by Gasteiger charge is 2.07. The van der Waals surface area contributed by atoms with Gasteiger partial charge in [0.05, 0.1) is 0 Å². The van der Waals surface area contributed by atoms with Gasteiger partial charge in [0.1, 0.15) is 0 Å². The van der Waals surface area contributed by atoms with Crippen molar-refractivity contribution in [2.24, 2.45) is 0 Å². The fourth-order valence-corrected chi connectivity index (χ4v) is 2.63. The maximum atomic E-state index is 6.11. The first kappa shape index (κ1) is 15.1. The van der Waals surface area contributed by atoms with E-state index in [9.17, 15) is 0 Å². The molecule has 1 N–H and O–H groups in total. The van der Waals surface area contributed by atoms with Crippen LogP contribution < -0.4 is 5.32 Å². The van der Waals surface area contributed by atoms with E-state index >= 15 is 0 Å². The van der Waals surface area contributed by atoms with Crippen LogP contribution in [0.4, 0.5) is 0 Å². The topological polar surface area (TPSA) is 12.0 Å². The zero-order valence-corrected chi connectivity index (χ0v) is 12.5. The van der Waals surface area contributed by atoms with Gasteiger partial charge < -0.3 is 5.32 Å². The highest BCUT2D eigenvalue weighted by atomic mass is 35.5. The fourth-order valence-electron chi connectivity index (χ4n) is 1.63. The lowest BCUT2D eigenvalue weighted by Gasteiger charge is -2.09. The minimum Gasteiger partial charge on any atom is -0.315 e. The van der Waals surface area contributed by atoms with Gasteiger partial charge >= 0.3 is 0 Å². The number of unbranched alkanes of at least 4 members (excludes halogenated alkanes) is 1. The Labute approximate surface area is 118 Å². The van der Waals surface area contributed by atoms with Crippen molar-refractivity contribution in [2.45, 2.75) is 39.2 Å². The van der Waals surface area contributed by atoms with E-state index in [0.29, 0.717) is 21.1 Å². The number of nitrogens with one attached hydrogen (secondary N) is 1. The first-order chi connectivity index (χ1) is 8.00. The number of rotatable bonds is 6. The molecule has 0 aliphatic heterocycles. The SMILES string of the molecule is CC(C)NCCCCc1c(Cl)cc(Cl)cc1Cl. The largest absolute Gasteiger partial charge is 0.315 e. The summed E-state index contributed by atoms with van der Waals surface area (Å²) in [5, 5.41) is 5.30. The van der Waals surface area contributed by atoms with Crippen LogP contribution in [-0.4, -0.2) is 12.6 Å². The van der Waals surface area contributed by atoms with Crippen LogP contribution in [0.2, 0.25) is 15.1 Å². The van der Waals surface area contributed by atoms with Gasteiger partial charge in [-0.3, -0.25) is 0 Å². The molecule has 1 aromatic rings. The van der Waals surface area contributed by atoms with Crippen molar-refractivity contribution in [3.8, 4) is 0 Å². The lowest BCUT2D eigenvalue weighted by atomic mass is 10.1. The van der Waals surface area contributed by atoms with Crippen LogP contribution in [0.5, 0.6) is 0 Å². The molecule has 1 nitrogen and oxygen atoms in total. The Morgan fingerprint density at radius 2 is 1.65 bits per heavy atom. The molecular weight excluding hydrogens is 277 g/mol. The molecule has 0 bridgehead atoms. The molecule has 0 saturated carbocycles. The van der Waals surface area contributed by atoms with Crippen LogP contribution in [0.15, 0.2) is 12.1 Å². The summed E-state index contributed by atoms with van der Waals surface area (Å²) in [6.45, 7) is 5.32. The van der Waals surface area contributed by atoms with Crippen molar-refractivity contribution in [3.63, 3.8) is 0 Å². The van der Waals surface area contributed by atoms with Crippen LogP contribution >= 0.6 is 34.8 Å². The summed E-state index contributed by atoms with van der Waals surface area (Å²) < 4.78 is 0. The first-order valence-corrected chi connectivity index (χ1v) is 7.01. The molecule has 0 heterocycles. The van der Waals surface area contributed by atoms with E-state index in [0.717, 1.165) is 31.4 Å². The summed E-state index contributed by atoms with van der Waals surface area (Å²) >= 11 is 18.1. The van der Waals surface area contributed by atoms with Crippen LogP contribution in [0.25, 0.3) is 0 Å². The Morgan fingerprint density at radius 3 is 2.18 bits per heavy atom. The number of benzene rings is 1. The maximum Gasteiger partial charge on any atom is 0.0467 e. The Morgan fingerprint density at radius 1 is 1.06 bits per heavy atom. The molecule has 0 radical (unpaired) electrons. The van der Waals surface area contributed by atoms with E-state index in [1.54, 1.807) is 12.1 Å². The molecule has 0 amide bonds. The van der Waals surface area contributed by atoms with Gasteiger partial charge in [0.15, 0.2) is 0 Å². The minimum atomic E-state index is 0.540. The smallest absolute Gasteiger partial charge is 0.0467 e. The second kappa shape index (κ2) is 7.48. The number of hydrogen-bond donors (Lipinski definition) is 1. The maximum absolute atomic E-state index is 6.11. The van der Waals surface area contributed by atoms with E-state index in [1.807, 2.05) is 0 Å². The molecule has 0 saturated heterocycles. The van der Waals surface area contributed by atoms with Crippen LogP contribution in [0.1, 0.15) is 32.3 Å². The highest BCUT2D eigenvalue weighted by Crippen LogP contribution is 2.30. The molecular formula is C13H18Cl3N. The van der Waals surface area contributed by atoms with Crippen molar-refractivity contribution in [2.75, 3.05) is 6.54 Å². The van der Waals surface area contributed by atoms with E-state index in [-0.39, 0.29) is 0 Å². The van der Waals surface area contributed by atoms with Crippen molar-refractivity contribution < 1.29 is 0 Å². The quantitative estimate of drug-likeness (QED) is 0.731. The summed E-state index contributed by atoms with van der Waals surface area (Å²) in [7, 11) is 0. The van der Waals surface area contributed by atoms with Crippen molar-refractivity contribution in [1.82, 2.24) is 5.32 Å². The lowest BCUT2D eigenvalue weighted by Crippen LogP contribution is -2.23. The molecule has 96 valence electrons. The van der Waals surface area contributed by atoms with Crippen LogP contribution in [-0.2, 0) is 6.42 Å². The second-order valence-electron chi connectivity index (χ2n) is 4.41. The molecule has 0 unspecified atom stereocenters. The fraction of sp³-hybridized carbons (Fsp3) is 0.538. The zero-order chi connectivity index (χ0) is 12.8. The molecule has 4 heteroatoms. The predicted octanol–water partition coefficient (Wildman–Crippen LogP) is 4.97. The van der Waals surface area contributed by atoms with Gasteiger partial charge in [-0.05, 0) is 43.5 Å². The van der Waals surface area contributed by atoms with E-state index < -0.39 is 0 Å². The van der Waals surface area contributed by atoms with E-state index in [2.05, 4.69) is 19.2 Å². The average Bonchev–Trinajstić information content (AvgIpc) is 2.20. The first-order valence-electron chi connectivity index (χ1n) is 5.87. The van der Waals surface area contributed by atoms with Gasteiger partial charge in [-0.1, -0.05) is 48.7 Å². The van der Waals surface area contributed by atoms with Gasteiger partial charge in [-0.15, -0.1) is 0 Å². The van der Waals surface area contributed by atoms with Crippen LogP contribution in [0.3, 0.4) is 0 Å². The normalized spacial score (nSPS) is 11.2. The summed E-state index contributed by atoms with van der Waals surface area (Å²) in [4.78, 5) is 0. The van der Waals surface area contributed by atoms with Crippen molar-refractivity contribution >= 4 is 34.8 Å². The van der Waals surface area contributed by atoms with E-state index in [4.69, 9.17) is 34.8 Å². The van der Waals surface area contributed by atoms with Crippen molar-refractivity contribution in [3.05, 3.63) is 32.8 Å². The van der Waals surface area contributed by atoms with Gasteiger partial charge in [-0.25, -0.2) is 0 Å². The van der Waals surface area contributed by atoms with Gasteiger partial charge in [0.25, 0.3) is 0 Å². The Kier molecular flexibility index (Phi) is 6.65. The average molecular weight is 295 g/mol. The monoisotopic (exact) mass is 293 g/mol. The molecule has 0 aromatic heterocycles. The molecule has 0 aliphatic rings. The van der Waals surface area contributed by atoms with Gasteiger partial charge in [0, 0.05) is 21.1 Å². The Hall–Kier alpha value is 0.0500. The minimum absolute atomic E-state index is 0.540. The summed E-state index contributed by atoms with van der Waals surface area (Å²) in [5.41, 5.74) is 1.00. The molecule has 1 aromatic carbocycles. The Balaban J connectivity index is 2.42. The molecule has 17 heavy (non-hydrogen) atoms.